The summed E-state index contributed by atoms with van der Waals surface area (Å²) in [6.45, 7) is 2.66. The first kappa shape index (κ1) is 18.7. The van der Waals surface area contributed by atoms with E-state index in [4.69, 9.17) is 0 Å². The van der Waals surface area contributed by atoms with Gasteiger partial charge in [-0.05, 0) is 31.0 Å². The van der Waals surface area contributed by atoms with E-state index in [-0.39, 0.29) is 30.2 Å². The number of carbonyl (C=O) groups excluding carboxylic acids is 3. The van der Waals surface area contributed by atoms with Gasteiger partial charge in [0.15, 0.2) is 0 Å². The Kier molecular flexibility index (Phi) is 5.90. The molecular weight excluding hydrogens is 344 g/mol. The molecule has 3 rings (SSSR count). The third-order valence-corrected chi connectivity index (χ3v) is 4.65. The van der Waals surface area contributed by atoms with Gasteiger partial charge in [-0.1, -0.05) is 30.3 Å². The SMILES string of the molecule is CCNC(=O)C1CC(NC(=O)c2ccc[nH]2)CN1C(=O)Cc1ccccc1. The molecule has 2 heterocycles. The second-order valence-electron chi connectivity index (χ2n) is 6.61. The van der Waals surface area contributed by atoms with Crippen molar-refractivity contribution in [2.45, 2.75) is 31.8 Å². The molecule has 7 heteroatoms. The van der Waals surface area contributed by atoms with Crippen LogP contribution >= 0.6 is 0 Å². The number of hydrogen-bond donors (Lipinski definition) is 3. The highest BCUT2D eigenvalue weighted by Gasteiger charge is 2.39. The Labute approximate surface area is 158 Å². The lowest BCUT2D eigenvalue weighted by atomic mass is 10.1. The Bertz CT molecular complexity index is 789. The summed E-state index contributed by atoms with van der Waals surface area (Å²) in [5.74, 6) is -0.540. The van der Waals surface area contributed by atoms with Crippen molar-refractivity contribution in [3.8, 4) is 0 Å². The normalized spacial score (nSPS) is 18.9. The molecule has 1 aromatic carbocycles. The van der Waals surface area contributed by atoms with Crippen LogP contribution < -0.4 is 10.6 Å². The summed E-state index contributed by atoms with van der Waals surface area (Å²) in [6, 6.07) is 12.0. The number of benzene rings is 1. The molecule has 2 aromatic rings. The van der Waals surface area contributed by atoms with Gasteiger partial charge in [-0.3, -0.25) is 14.4 Å². The van der Waals surface area contributed by atoms with Crippen molar-refractivity contribution in [2.75, 3.05) is 13.1 Å². The zero-order chi connectivity index (χ0) is 19.2. The molecule has 1 aromatic heterocycles. The Morgan fingerprint density at radius 2 is 1.93 bits per heavy atom. The number of aromatic nitrogens is 1. The van der Waals surface area contributed by atoms with Crippen molar-refractivity contribution in [3.63, 3.8) is 0 Å². The highest BCUT2D eigenvalue weighted by atomic mass is 16.2. The molecule has 1 aliphatic heterocycles. The largest absolute Gasteiger partial charge is 0.357 e. The van der Waals surface area contributed by atoms with Crippen LogP contribution in [0.2, 0.25) is 0 Å². The lowest BCUT2D eigenvalue weighted by Gasteiger charge is -2.23. The van der Waals surface area contributed by atoms with Crippen LogP contribution in [0.25, 0.3) is 0 Å². The zero-order valence-electron chi connectivity index (χ0n) is 15.3. The molecule has 2 atom stereocenters. The van der Waals surface area contributed by atoms with E-state index in [1.165, 1.54) is 0 Å². The molecule has 1 saturated heterocycles. The number of nitrogens with one attached hydrogen (secondary N) is 3. The molecule has 0 radical (unpaired) electrons. The Hall–Kier alpha value is -3.09. The topological polar surface area (TPSA) is 94.3 Å². The average molecular weight is 368 g/mol. The van der Waals surface area contributed by atoms with Crippen molar-refractivity contribution in [3.05, 3.63) is 59.9 Å². The fourth-order valence-electron chi connectivity index (χ4n) is 3.36. The van der Waals surface area contributed by atoms with Crippen molar-refractivity contribution < 1.29 is 14.4 Å². The number of H-pyrrole nitrogens is 1. The molecule has 1 fully saturated rings. The average Bonchev–Trinajstić information content (AvgIpc) is 3.33. The number of hydrogen-bond acceptors (Lipinski definition) is 3. The predicted octanol–water partition coefficient (Wildman–Crippen LogP) is 1.09. The summed E-state index contributed by atoms with van der Waals surface area (Å²) in [4.78, 5) is 42.0. The van der Waals surface area contributed by atoms with E-state index in [2.05, 4.69) is 15.6 Å². The van der Waals surface area contributed by atoms with E-state index in [0.717, 1.165) is 5.56 Å². The maximum Gasteiger partial charge on any atom is 0.267 e. The highest BCUT2D eigenvalue weighted by Crippen LogP contribution is 2.20. The summed E-state index contributed by atoms with van der Waals surface area (Å²) < 4.78 is 0. The monoisotopic (exact) mass is 368 g/mol. The first-order valence-electron chi connectivity index (χ1n) is 9.13. The van der Waals surface area contributed by atoms with Gasteiger partial charge in [-0.15, -0.1) is 0 Å². The van der Waals surface area contributed by atoms with E-state index in [9.17, 15) is 14.4 Å². The summed E-state index contributed by atoms with van der Waals surface area (Å²) in [6.07, 6.45) is 2.31. The molecular formula is C20H24N4O3. The Balaban J connectivity index is 1.70. The van der Waals surface area contributed by atoms with E-state index in [0.29, 0.717) is 25.2 Å². The van der Waals surface area contributed by atoms with Crippen LogP contribution in [-0.2, 0) is 16.0 Å². The quantitative estimate of drug-likeness (QED) is 0.712. The molecule has 0 bridgehead atoms. The molecule has 0 aliphatic carbocycles. The fourth-order valence-corrected chi connectivity index (χ4v) is 3.36. The third-order valence-electron chi connectivity index (χ3n) is 4.65. The highest BCUT2D eigenvalue weighted by molar-refractivity contribution is 5.93. The van der Waals surface area contributed by atoms with Gasteiger partial charge in [0.25, 0.3) is 5.91 Å². The summed E-state index contributed by atoms with van der Waals surface area (Å²) >= 11 is 0. The number of likely N-dealkylation sites (tertiary alicyclic amines) is 1. The fraction of sp³-hybridized carbons (Fsp3) is 0.350. The maximum atomic E-state index is 12.8. The van der Waals surface area contributed by atoms with Gasteiger partial charge in [0.1, 0.15) is 11.7 Å². The van der Waals surface area contributed by atoms with Gasteiger partial charge in [0.05, 0.1) is 6.42 Å². The van der Waals surface area contributed by atoms with Crippen LogP contribution in [0.4, 0.5) is 0 Å². The molecule has 0 saturated carbocycles. The number of amides is 3. The van der Waals surface area contributed by atoms with E-state index < -0.39 is 6.04 Å². The van der Waals surface area contributed by atoms with Gasteiger partial charge in [-0.2, -0.15) is 0 Å². The zero-order valence-corrected chi connectivity index (χ0v) is 15.3. The molecule has 142 valence electrons. The second kappa shape index (κ2) is 8.53. The third kappa shape index (κ3) is 4.55. The molecule has 3 amide bonds. The van der Waals surface area contributed by atoms with Crippen LogP contribution in [0.15, 0.2) is 48.7 Å². The first-order chi connectivity index (χ1) is 13.1. The molecule has 7 nitrogen and oxygen atoms in total. The number of carbonyl (C=O) groups is 3. The summed E-state index contributed by atoms with van der Waals surface area (Å²) in [5, 5.41) is 5.70. The number of likely N-dealkylation sites (N-methyl/N-ethyl adjacent to an activating group) is 1. The smallest absolute Gasteiger partial charge is 0.267 e. The van der Waals surface area contributed by atoms with Gasteiger partial charge < -0.3 is 20.5 Å². The van der Waals surface area contributed by atoms with Gasteiger partial charge in [0.2, 0.25) is 11.8 Å². The number of nitrogens with zero attached hydrogens (tertiary/aromatic N) is 1. The summed E-state index contributed by atoms with van der Waals surface area (Å²) in [7, 11) is 0. The number of rotatable bonds is 6. The van der Waals surface area contributed by atoms with Crippen LogP contribution in [0, 0.1) is 0 Å². The lowest BCUT2D eigenvalue weighted by molar-refractivity contribution is -0.137. The molecule has 0 spiro atoms. The van der Waals surface area contributed by atoms with Crippen molar-refractivity contribution in [1.82, 2.24) is 20.5 Å². The maximum absolute atomic E-state index is 12.8. The second-order valence-corrected chi connectivity index (χ2v) is 6.61. The van der Waals surface area contributed by atoms with Crippen molar-refractivity contribution in [1.29, 1.82) is 0 Å². The first-order valence-corrected chi connectivity index (χ1v) is 9.13. The van der Waals surface area contributed by atoms with E-state index in [1.54, 1.807) is 23.2 Å². The van der Waals surface area contributed by atoms with Gasteiger partial charge in [-0.25, -0.2) is 0 Å². The molecule has 3 N–H and O–H groups in total. The van der Waals surface area contributed by atoms with Crippen LogP contribution in [0.5, 0.6) is 0 Å². The van der Waals surface area contributed by atoms with Crippen LogP contribution in [-0.4, -0.2) is 52.8 Å². The van der Waals surface area contributed by atoms with E-state index in [1.807, 2.05) is 37.3 Å². The van der Waals surface area contributed by atoms with E-state index >= 15 is 0 Å². The van der Waals surface area contributed by atoms with Crippen molar-refractivity contribution >= 4 is 17.7 Å². The minimum absolute atomic E-state index is 0.117. The number of aromatic amines is 1. The minimum atomic E-state index is -0.574. The molecule has 27 heavy (non-hydrogen) atoms. The van der Waals surface area contributed by atoms with Gasteiger partial charge in [0, 0.05) is 25.3 Å². The minimum Gasteiger partial charge on any atom is -0.357 e. The Morgan fingerprint density at radius 3 is 2.59 bits per heavy atom. The molecule has 2 unspecified atom stereocenters. The van der Waals surface area contributed by atoms with Crippen LogP contribution in [0.3, 0.4) is 0 Å². The molecule has 1 aliphatic rings. The van der Waals surface area contributed by atoms with Crippen molar-refractivity contribution in [2.24, 2.45) is 0 Å². The lowest BCUT2D eigenvalue weighted by Crippen LogP contribution is -2.46. The summed E-state index contributed by atoms with van der Waals surface area (Å²) in [5.41, 5.74) is 1.36. The van der Waals surface area contributed by atoms with Gasteiger partial charge >= 0.3 is 0 Å². The predicted molar refractivity (Wildman–Crippen MR) is 101 cm³/mol. The standard InChI is InChI=1S/C20H24N4O3/c1-2-21-20(27)17-12-15(23-19(26)16-9-6-10-22-16)13-24(17)18(25)11-14-7-4-3-5-8-14/h3-10,15,17,22H,2,11-13H2,1H3,(H,21,27)(H,23,26). The Morgan fingerprint density at radius 1 is 1.15 bits per heavy atom. The van der Waals surface area contributed by atoms with Crippen LogP contribution in [0.1, 0.15) is 29.4 Å².